The van der Waals surface area contributed by atoms with Crippen LogP contribution in [0.5, 0.6) is 0 Å². The number of rotatable bonds is 4. The van der Waals surface area contributed by atoms with Gasteiger partial charge in [0, 0.05) is 4.70 Å². The van der Waals surface area contributed by atoms with E-state index in [9.17, 15) is 4.79 Å². The lowest BCUT2D eigenvalue weighted by molar-refractivity contribution is -0.133. The molecule has 0 saturated heterocycles. The summed E-state index contributed by atoms with van der Waals surface area (Å²) in [6, 6.07) is 8.18. The maximum Gasteiger partial charge on any atom is 0.313 e. The largest absolute Gasteiger partial charge is 0.481 e. The molecule has 0 bridgehead atoms. The van der Waals surface area contributed by atoms with Gasteiger partial charge in [-0.25, -0.2) is 0 Å². The Morgan fingerprint density at radius 2 is 2.25 bits per heavy atom. The molecule has 7 heteroatoms. The fraction of sp³-hybridized carbons (Fsp3) is 0.154. The van der Waals surface area contributed by atoms with E-state index >= 15 is 0 Å². The van der Waals surface area contributed by atoms with Gasteiger partial charge in [0.15, 0.2) is 5.16 Å². The summed E-state index contributed by atoms with van der Waals surface area (Å²) in [5.74, 6) is -0.151. The molecule has 0 aliphatic rings. The van der Waals surface area contributed by atoms with Crippen LogP contribution in [0.3, 0.4) is 0 Å². The molecule has 102 valence electrons. The second kappa shape index (κ2) is 5.26. The quantitative estimate of drug-likeness (QED) is 0.751. The van der Waals surface area contributed by atoms with Crippen molar-refractivity contribution in [1.29, 1.82) is 0 Å². The highest BCUT2D eigenvalue weighted by atomic mass is 32.2. The topological polar surface area (TPSA) is 68.0 Å². The molecule has 5 nitrogen and oxygen atoms in total. The molecule has 1 N–H and O–H groups in total. The fourth-order valence-electron chi connectivity index (χ4n) is 1.95. The molecule has 1 aromatic carbocycles. The lowest BCUT2D eigenvalue weighted by Crippen LogP contribution is -2.02. The van der Waals surface area contributed by atoms with Crippen LogP contribution in [-0.4, -0.2) is 31.6 Å². The number of aromatic nitrogens is 3. The van der Waals surface area contributed by atoms with Crippen molar-refractivity contribution in [2.45, 2.75) is 12.1 Å². The highest BCUT2D eigenvalue weighted by molar-refractivity contribution is 7.99. The van der Waals surface area contributed by atoms with E-state index in [1.807, 2.05) is 22.9 Å². The molecule has 2 aromatic heterocycles. The zero-order chi connectivity index (χ0) is 14.1. The molecule has 0 atom stereocenters. The molecular formula is C13H11N3O2S2. The van der Waals surface area contributed by atoms with Gasteiger partial charge in [0.05, 0.1) is 11.4 Å². The predicted molar refractivity (Wildman–Crippen MR) is 79.8 cm³/mol. The number of hydrogen-bond donors (Lipinski definition) is 1. The minimum absolute atomic E-state index is 0.0289. The van der Waals surface area contributed by atoms with E-state index in [0.717, 1.165) is 16.9 Å². The Balaban J connectivity index is 2.03. The minimum Gasteiger partial charge on any atom is -0.481 e. The van der Waals surface area contributed by atoms with E-state index in [0.29, 0.717) is 5.16 Å². The number of carboxylic acid groups (broad SMARTS) is 1. The molecule has 0 unspecified atom stereocenters. The van der Waals surface area contributed by atoms with Crippen molar-refractivity contribution in [3.63, 3.8) is 0 Å². The van der Waals surface area contributed by atoms with Gasteiger partial charge in [-0.15, -0.1) is 21.5 Å². The monoisotopic (exact) mass is 305 g/mol. The average molecular weight is 305 g/mol. The molecule has 2 heterocycles. The van der Waals surface area contributed by atoms with E-state index < -0.39 is 5.97 Å². The van der Waals surface area contributed by atoms with Crippen LogP contribution in [-0.2, 0) is 4.79 Å². The molecule has 0 aliphatic heterocycles. The zero-order valence-electron chi connectivity index (χ0n) is 10.6. The van der Waals surface area contributed by atoms with E-state index in [4.69, 9.17) is 5.11 Å². The highest BCUT2D eigenvalue weighted by Gasteiger charge is 2.13. The Bertz CT molecular complexity index is 779. The smallest absolute Gasteiger partial charge is 0.313 e. The van der Waals surface area contributed by atoms with Crippen molar-refractivity contribution in [2.75, 3.05) is 5.75 Å². The van der Waals surface area contributed by atoms with Crippen LogP contribution >= 0.6 is 23.1 Å². The van der Waals surface area contributed by atoms with Gasteiger partial charge in [-0.05, 0) is 42.0 Å². The summed E-state index contributed by atoms with van der Waals surface area (Å²) >= 11 is 2.86. The maximum atomic E-state index is 10.7. The number of fused-ring (bicyclic) bond motifs is 1. The van der Waals surface area contributed by atoms with Crippen molar-refractivity contribution in [1.82, 2.24) is 14.8 Å². The van der Waals surface area contributed by atoms with Crippen molar-refractivity contribution in [3.8, 4) is 5.69 Å². The van der Waals surface area contributed by atoms with Gasteiger partial charge in [0.2, 0.25) is 0 Å². The van der Waals surface area contributed by atoms with Gasteiger partial charge in [-0.2, -0.15) is 0 Å². The molecular weight excluding hydrogens is 294 g/mol. The van der Waals surface area contributed by atoms with Crippen molar-refractivity contribution >= 4 is 39.2 Å². The van der Waals surface area contributed by atoms with Crippen LogP contribution in [0.4, 0.5) is 0 Å². The SMILES string of the molecule is Cc1nnc(SCC(=O)O)n1-c1ccc2sccc2c1. The summed E-state index contributed by atoms with van der Waals surface area (Å²) in [5, 5.41) is 20.7. The Morgan fingerprint density at radius 1 is 1.40 bits per heavy atom. The Morgan fingerprint density at radius 3 is 3.05 bits per heavy atom. The first kappa shape index (κ1) is 13.1. The lowest BCUT2D eigenvalue weighted by atomic mass is 10.2. The van der Waals surface area contributed by atoms with Crippen LogP contribution in [0.15, 0.2) is 34.8 Å². The molecule has 3 aromatic rings. The normalized spacial score (nSPS) is 11.1. The first-order valence-corrected chi connectivity index (χ1v) is 7.76. The first-order chi connectivity index (χ1) is 9.65. The minimum atomic E-state index is -0.865. The van der Waals surface area contributed by atoms with Gasteiger partial charge in [0.1, 0.15) is 5.82 Å². The maximum absolute atomic E-state index is 10.7. The first-order valence-electron chi connectivity index (χ1n) is 5.89. The molecule has 3 rings (SSSR count). The van der Waals surface area contributed by atoms with Gasteiger partial charge in [-0.3, -0.25) is 9.36 Å². The third-order valence-electron chi connectivity index (χ3n) is 2.81. The Kier molecular flexibility index (Phi) is 3.45. The highest BCUT2D eigenvalue weighted by Crippen LogP contribution is 2.27. The summed E-state index contributed by atoms with van der Waals surface area (Å²) in [6.45, 7) is 1.86. The number of thiophene rings is 1. The van der Waals surface area contributed by atoms with Crippen LogP contribution < -0.4 is 0 Å². The van der Waals surface area contributed by atoms with Crippen LogP contribution in [0.25, 0.3) is 15.8 Å². The average Bonchev–Trinajstić information content (AvgIpc) is 3.01. The van der Waals surface area contributed by atoms with Gasteiger partial charge >= 0.3 is 5.97 Å². The van der Waals surface area contributed by atoms with Gasteiger partial charge in [0.25, 0.3) is 0 Å². The van der Waals surface area contributed by atoms with Crippen LogP contribution in [0.2, 0.25) is 0 Å². The van der Waals surface area contributed by atoms with Crippen molar-refractivity contribution in [3.05, 3.63) is 35.5 Å². The van der Waals surface area contributed by atoms with E-state index in [-0.39, 0.29) is 5.75 Å². The zero-order valence-corrected chi connectivity index (χ0v) is 12.2. The number of aryl methyl sites for hydroxylation is 1. The summed E-state index contributed by atoms with van der Waals surface area (Å²) < 4.78 is 3.10. The predicted octanol–water partition coefficient (Wildman–Crippen LogP) is 2.97. The number of carbonyl (C=O) groups is 1. The standard InChI is InChI=1S/C13H11N3O2S2/c1-8-14-15-13(20-7-12(17)18)16(8)10-2-3-11-9(6-10)4-5-19-11/h2-6H,7H2,1H3,(H,17,18). The molecule has 20 heavy (non-hydrogen) atoms. The second-order valence-corrected chi connectivity index (χ2v) is 6.08. The summed E-state index contributed by atoms with van der Waals surface area (Å²) in [5.41, 5.74) is 0.950. The second-order valence-electron chi connectivity index (χ2n) is 4.19. The summed E-state index contributed by atoms with van der Waals surface area (Å²) in [4.78, 5) is 10.7. The number of nitrogens with zero attached hydrogens (tertiary/aromatic N) is 3. The molecule has 0 amide bonds. The van der Waals surface area contributed by atoms with Crippen LogP contribution in [0.1, 0.15) is 5.82 Å². The third-order valence-corrected chi connectivity index (χ3v) is 4.63. The fourth-order valence-corrected chi connectivity index (χ4v) is 3.44. The van der Waals surface area contributed by atoms with Crippen molar-refractivity contribution < 1.29 is 9.90 Å². The molecule has 0 aliphatic carbocycles. The van der Waals surface area contributed by atoms with Gasteiger partial charge in [-0.1, -0.05) is 11.8 Å². The molecule has 0 radical (unpaired) electrons. The van der Waals surface area contributed by atoms with E-state index in [1.165, 1.54) is 16.5 Å². The number of hydrogen-bond acceptors (Lipinski definition) is 5. The van der Waals surface area contributed by atoms with E-state index in [2.05, 4.69) is 28.4 Å². The van der Waals surface area contributed by atoms with Crippen LogP contribution in [0, 0.1) is 6.92 Å². The van der Waals surface area contributed by atoms with E-state index in [1.54, 1.807) is 11.3 Å². The Labute approximate surface area is 123 Å². The van der Waals surface area contributed by atoms with Gasteiger partial charge < -0.3 is 5.11 Å². The van der Waals surface area contributed by atoms with Crippen molar-refractivity contribution in [2.24, 2.45) is 0 Å². The molecule has 0 spiro atoms. The number of thioether (sulfide) groups is 1. The summed E-state index contributed by atoms with van der Waals surface area (Å²) in [7, 11) is 0. The molecule has 0 fully saturated rings. The number of benzene rings is 1. The third kappa shape index (κ3) is 2.41. The number of aliphatic carboxylic acids is 1. The molecule has 0 saturated carbocycles. The Hall–Kier alpha value is -1.86. The summed E-state index contributed by atoms with van der Waals surface area (Å²) in [6.07, 6.45) is 0. The lowest BCUT2D eigenvalue weighted by Gasteiger charge is -2.07. The number of carboxylic acids is 1.